The van der Waals surface area contributed by atoms with Gasteiger partial charge < -0.3 is 4.74 Å². The number of carbonyl (C=O) groups is 1. The lowest BCUT2D eigenvalue weighted by Crippen LogP contribution is -2.15. The third-order valence-corrected chi connectivity index (χ3v) is 6.10. The van der Waals surface area contributed by atoms with Crippen molar-refractivity contribution in [1.82, 2.24) is 0 Å². The molecule has 0 aromatic heterocycles. The Morgan fingerprint density at radius 2 is 1.37 bits per heavy atom. The molecule has 2 heteroatoms. The maximum absolute atomic E-state index is 11.5. The number of rotatable bonds is 7. The highest BCUT2D eigenvalue weighted by molar-refractivity contribution is 5.89. The lowest BCUT2D eigenvalue weighted by molar-refractivity contribution is 0.0601. The Hall–Kier alpha value is -2.09. The number of ether oxygens (including phenoxy) is 1. The summed E-state index contributed by atoms with van der Waals surface area (Å²) in [6.07, 6.45) is 11.0. The molecule has 27 heavy (non-hydrogen) atoms. The van der Waals surface area contributed by atoms with E-state index in [9.17, 15) is 4.79 Å². The summed E-state index contributed by atoms with van der Waals surface area (Å²) in [5.41, 5.74) is 4.34. The third kappa shape index (κ3) is 5.45. The van der Waals surface area contributed by atoms with E-state index in [-0.39, 0.29) is 5.97 Å². The maximum Gasteiger partial charge on any atom is 0.337 e. The first-order chi connectivity index (χ1) is 13.2. The molecular formula is C25H32O2. The van der Waals surface area contributed by atoms with E-state index in [1.54, 1.807) is 0 Å². The van der Waals surface area contributed by atoms with Gasteiger partial charge in [0.05, 0.1) is 12.7 Å². The van der Waals surface area contributed by atoms with Gasteiger partial charge in [-0.3, -0.25) is 0 Å². The second kappa shape index (κ2) is 9.73. The normalized spacial score (nSPS) is 19.6. The summed E-state index contributed by atoms with van der Waals surface area (Å²) in [6, 6.07) is 16.5. The van der Waals surface area contributed by atoms with Crippen molar-refractivity contribution in [1.29, 1.82) is 0 Å². The standard InChI is InChI=1S/C25H32O2/c1-3-4-19-5-7-20(8-6-19)9-10-21-11-13-22(14-12-21)23-15-17-24(18-16-23)25(26)27-2/h11-20H,3-10H2,1-2H3/t19-,20-. The van der Waals surface area contributed by atoms with E-state index in [4.69, 9.17) is 4.74 Å². The number of hydrogen-bond acceptors (Lipinski definition) is 2. The summed E-state index contributed by atoms with van der Waals surface area (Å²) < 4.78 is 4.75. The Balaban J connectivity index is 1.51. The van der Waals surface area contributed by atoms with E-state index in [0.717, 1.165) is 17.4 Å². The van der Waals surface area contributed by atoms with Gasteiger partial charge in [0.2, 0.25) is 0 Å². The molecule has 0 atom stereocenters. The Kier molecular flexibility index (Phi) is 7.09. The van der Waals surface area contributed by atoms with Crippen LogP contribution in [-0.2, 0) is 11.2 Å². The van der Waals surface area contributed by atoms with Gasteiger partial charge in [-0.25, -0.2) is 4.79 Å². The molecule has 0 radical (unpaired) electrons. The molecule has 2 aromatic carbocycles. The molecular weight excluding hydrogens is 332 g/mol. The molecule has 1 aliphatic rings. The number of aryl methyl sites for hydroxylation is 1. The number of benzene rings is 2. The van der Waals surface area contributed by atoms with Crippen LogP contribution in [0.4, 0.5) is 0 Å². The lowest BCUT2D eigenvalue weighted by Gasteiger charge is -2.28. The van der Waals surface area contributed by atoms with Crippen LogP contribution in [0.15, 0.2) is 48.5 Å². The number of esters is 1. The SMILES string of the molecule is CCC[C@H]1CC[C@H](CCc2ccc(-c3ccc(C(=O)OC)cc3)cc2)CC1. The Morgan fingerprint density at radius 3 is 1.89 bits per heavy atom. The molecule has 0 aliphatic heterocycles. The van der Waals surface area contributed by atoms with Crippen molar-refractivity contribution in [3.63, 3.8) is 0 Å². The highest BCUT2D eigenvalue weighted by atomic mass is 16.5. The molecule has 0 bridgehead atoms. The van der Waals surface area contributed by atoms with Crippen molar-refractivity contribution < 1.29 is 9.53 Å². The molecule has 0 amide bonds. The van der Waals surface area contributed by atoms with Gasteiger partial charge in [0, 0.05) is 0 Å². The van der Waals surface area contributed by atoms with Gasteiger partial charge in [0.15, 0.2) is 0 Å². The molecule has 0 N–H and O–H groups in total. The molecule has 0 spiro atoms. The number of methoxy groups -OCH3 is 1. The largest absolute Gasteiger partial charge is 0.465 e. The Bertz CT molecular complexity index is 707. The van der Waals surface area contributed by atoms with Gasteiger partial charge in [-0.2, -0.15) is 0 Å². The fourth-order valence-electron chi connectivity index (χ4n) is 4.37. The van der Waals surface area contributed by atoms with E-state index in [0.29, 0.717) is 5.56 Å². The van der Waals surface area contributed by atoms with Crippen molar-refractivity contribution in [2.75, 3.05) is 7.11 Å². The zero-order valence-electron chi connectivity index (χ0n) is 16.7. The second-order valence-corrected chi connectivity index (χ2v) is 7.98. The summed E-state index contributed by atoms with van der Waals surface area (Å²) in [6.45, 7) is 2.31. The summed E-state index contributed by atoms with van der Waals surface area (Å²) >= 11 is 0. The van der Waals surface area contributed by atoms with Gasteiger partial charge in [0.1, 0.15) is 0 Å². The molecule has 1 aliphatic carbocycles. The maximum atomic E-state index is 11.5. The zero-order chi connectivity index (χ0) is 19.1. The monoisotopic (exact) mass is 364 g/mol. The van der Waals surface area contributed by atoms with Crippen LogP contribution in [0.1, 0.15) is 67.8 Å². The fourth-order valence-corrected chi connectivity index (χ4v) is 4.37. The molecule has 1 saturated carbocycles. The third-order valence-electron chi connectivity index (χ3n) is 6.10. The van der Waals surface area contributed by atoms with Crippen LogP contribution < -0.4 is 0 Å². The average Bonchev–Trinajstić information content (AvgIpc) is 2.73. The summed E-state index contributed by atoms with van der Waals surface area (Å²) in [5.74, 6) is 1.63. The summed E-state index contributed by atoms with van der Waals surface area (Å²) in [5, 5.41) is 0. The van der Waals surface area contributed by atoms with E-state index >= 15 is 0 Å². The number of hydrogen-bond donors (Lipinski definition) is 0. The van der Waals surface area contributed by atoms with E-state index in [1.807, 2.05) is 24.3 Å². The first-order valence-corrected chi connectivity index (χ1v) is 10.5. The Labute approximate surface area is 164 Å². The molecule has 144 valence electrons. The van der Waals surface area contributed by atoms with Crippen molar-refractivity contribution in [3.8, 4) is 11.1 Å². The van der Waals surface area contributed by atoms with Crippen LogP contribution in [-0.4, -0.2) is 13.1 Å². The minimum absolute atomic E-state index is 0.291. The van der Waals surface area contributed by atoms with Crippen LogP contribution in [0, 0.1) is 11.8 Å². The van der Waals surface area contributed by atoms with E-state index in [1.165, 1.54) is 69.6 Å². The lowest BCUT2D eigenvalue weighted by atomic mass is 9.78. The van der Waals surface area contributed by atoms with Gasteiger partial charge in [-0.1, -0.05) is 81.8 Å². The van der Waals surface area contributed by atoms with Gasteiger partial charge in [0.25, 0.3) is 0 Å². The average molecular weight is 365 g/mol. The van der Waals surface area contributed by atoms with Crippen LogP contribution in [0.2, 0.25) is 0 Å². The first kappa shape index (κ1) is 19.7. The van der Waals surface area contributed by atoms with Crippen molar-refractivity contribution in [2.45, 2.75) is 58.3 Å². The first-order valence-electron chi connectivity index (χ1n) is 10.5. The van der Waals surface area contributed by atoms with Crippen molar-refractivity contribution in [2.24, 2.45) is 11.8 Å². The quantitative estimate of drug-likeness (QED) is 0.512. The molecule has 0 saturated heterocycles. The van der Waals surface area contributed by atoms with Gasteiger partial charge >= 0.3 is 5.97 Å². The predicted octanol–water partition coefficient (Wildman–Crippen LogP) is 6.68. The smallest absolute Gasteiger partial charge is 0.337 e. The van der Waals surface area contributed by atoms with Crippen LogP contribution in [0.5, 0.6) is 0 Å². The summed E-state index contributed by atoms with van der Waals surface area (Å²) in [7, 11) is 1.41. The topological polar surface area (TPSA) is 26.3 Å². The minimum atomic E-state index is -0.291. The predicted molar refractivity (Wildman–Crippen MR) is 112 cm³/mol. The van der Waals surface area contributed by atoms with Gasteiger partial charge in [-0.05, 0) is 53.5 Å². The highest BCUT2D eigenvalue weighted by Gasteiger charge is 2.20. The molecule has 2 nitrogen and oxygen atoms in total. The van der Waals surface area contributed by atoms with Crippen LogP contribution in [0.3, 0.4) is 0 Å². The highest BCUT2D eigenvalue weighted by Crippen LogP contribution is 2.34. The van der Waals surface area contributed by atoms with E-state index in [2.05, 4.69) is 31.2 Å². The van der Waals surface area contributed by atoms with Crippen LogP contribution >= 0.6 is 0 Å². The number of carbonyl (C=O) groups excluding carboxylic acids is 1. The molecule has 3 rings (SSSR count). The van der Waals surface area contributed by atoms with Crippen molar-refractivity contribution >= 4 is 5.97 Å². The zero-order valence-corrected chi connectivity index (χ0v) is 16.7. The molecule has 0 heterocycles. The molecule has 0 unspecified atom stereocenters. The molecule has 2 aromatic rings. The van der Waals surface area contributed by atoms with Crippen LogP contribution in [0.25, 0.3) is 11.1 Å². The minimum Gasteiger partial charge on any atom is -0.465 e. The fraction of sp³-hybridized carbons (Fsp3) is 0.480. The second-order valence-electron chi connectivity index (χ2n) is 7.98. The molecule has 1 fully saturated rings. The van der Waals surface area contributed by atoms with Crippen molar-refractivity contribution in [3.05, 3.63) is 59.7 Å². The Morgan fingerprint density at radius 1 is 0.852 bits per heavy atom. The van der Waals surface area contributed by atoms with E-state index < -0.39 is 0 Å². The summed E-state index contributed by atoms with van der Waals surface area (Å²) in [4.78, 5) is 11.5. The van der Waals surface area contributed by atoms with Gasteiger partial charge in [-0.15, -0.1) is 0 Å².